The summed E-state index contributed by atoms with van der Waals surface area (Å²) in [5.74, 6) is 0.791. The molecule has 2 rings (SSSR count). The zero-order chi connectivity index (χ0) is 10.8. The third kappa shape index (κ3) is 1.76. The summed E-state index contributed by atoms with van der Waals surface area (Å²) in [6.45, 7) is 1.90. The molecule has 0 amide bonds. The molecule has 4 heteroatoms. The summed E-state index contributed by atoms with van der Waals surface area (Å²) in [5.41, 5.74) is 7.57. The van der Waals surface area contributed by atoms with Gasteiger partial charge >= 0.3 is 0 Å². The third-order valence-corrected chi connectivity index (χ3v) is 2.30. The number of rotatable bonds is 2. The van der Waals surface area contributed by atoms with E-state index >= 15 is 0 Å². The fraction of sp³-hybridized carbons (Fsp3) is 0.273. The first kappa shape index (κ1) is 9.86. The average Bonchev–Trinajstić information content (AvgIpc) is 2.27. The lowest BCUT2D eigenvalue weighted by Gasteiger charge is -2.08. The zero-order valence-corrected chi connectivity index (χ0v) is 8.77. The van der Waals surface area contributed by atoms with Gasteiger partial charge < -0.3 is 10.5 Å². The van der Waals surface area contributed by atoms with E-state index in [0.29, 0.717) is 0 Å². The van der Waals surface area contributed by atoms with Gasteiger partial charge in [-0.1, -0.05) is 0 Å². The second kappa shape index (κ2) is 3.82. The Balaban J connectivity index is 2.70. The minimum atomic E-state index is -0.109. The van der Waals surface area contributed by atoms with Crippen molar-refractivity contribution < 1.29 is 4.74 Å². The number of nitrogens with two attached hydrogens (primary N) is 1. The quantitative estimate of drug-likeness (QED) is 0.806. The summed E-state index contributed by atoms with van der Waals surface area (Å²) in [6, 6.07) is 5.58. The molecule has 78 valence electrons. The predicted octanol–water partition coefficient (Wildman–Crippen LogP) is 1.66. The minimum Gasteiger partial charge on any atom is -0.497 e. The van der Waals surface area contributed by atoms with E-state index in [9.17, 15) is 0 Å². The van der Waals surface area contributed by atoms with Gasteiger partial charge in [-0.15, -0.1) is 0 Å². The number of aromatic nitrogens is 2. The predicted molar refractivity (Wildman–Crippen MR) is 58.7 cm³/mol. The highest BCUT2D eigenvalue weighted by Gasteiger charge is 2.08. The molecule has 0 saturated carbocycles. The highest BCUT2D eigenvalue weighted by Crippen LogP contribution is 2.23. The van der Waals surface area contributed by atoms with Crippen molar-refractivity contribution in [2.24, 2.45) is 5.73 Å². The van der Waals surface area contributed by atoms with Crippen molar-refractivity contribution >= 4 is 10.9 Å². The lowest BCUT2D eigenvalue weighted by molar-refractivity contribution is 0.415. The maximum Gasteiger partial charge on any atom is 0.119 e. The molecule has 0 radical (unpaired) electrons. The molecule has 1 atom stereocenters. The molecule has 0 bridgehead atoms. The molecule has 4 nitrogen and oxygen atoms in total. The zero-order valence-electron chi connectivity index (χ0n) is 8.77. The van der Waals surface area contributed by atoms with Crippen LogP contribution in [0.3, 0.4) is 0 Å². The lowest BCUT2D eigenvalue weighted by Crippen LogP contribution is -2.08. The largest absolute Gasteiger partial charge is 0.497 e. The molecular formula is C11H13N3O. The van der Waals surface area contributed by atoms with Gasteiger partial charge in [-0.2, -0.15) is 0 Å². The standard InChI is InChI=1S/C11H13N3O/c1-7(12)11-9-5-8(15-2)3-4-10(9)13-6-14-11/h3-7H,12H2,1-2H3. The lowest BCUT2D eigenvalue weighted by atomic mass is 10.1. The number of methoxy groups -OCH3 is 1. The molecule has 0 spiro atoms. The Morgan fingerprint density at radius 3 is 2.80 bits per heavy atom. The molecule has 0 saturated heterocycles. The van der Waals surface area contributed by atoms with Gasteiger partial charge in [-0.25, -0.2) is 9.97 Å². The number of hydrogen-bond acceptors (Lipinski definition) is 4. The van der Waals surface area contributed by atoms with Gasteiger partial charge in [0.2, 0.25) is 0 Å². The van der Waals surface area contributed by atoms with Gasteiger partial charge in [0.25, 0.3) is 0 Å². The molecule has 0 fully saturated rings. The summed E-state index contributed by atoms with van der Waals surface area (Å²) in [7, 11) is 1.64. The molecule has 2 N–H and O–H groups in total. The molecule has 1 aromatic carbocycles. The maximum absolute atomic E-state index is 5.84. The molecule has 1 heterocycles. The average molecular weight is 203 g/mol. The van der Waals surface area contributed by atoms with Crippen LogP contribution in [0.1, 0.15) is 18.7 Å². The Morgan fingerprint density at radius 1 is 1.33 bits per heavy atom. The van der Waals surface area contributed by atoms with E-state index < -0.39 is 0 Å². The second-order valence-electron chi connectivity index (χ2n) is 3.43. The SMILES string of the molecule is COc1ccc2ncnc(C(C)N)c2c1. The van der Waals surface area contributed by atoms with Crippen LogP contribution in [0.5, 0.6) is 5.75 Å². The highest BCUT2D eigenvalue weighted by atomic mass is 16.5. The Hall–Kier alpha value is -1.68. The van der Waals surface area contributed by atoms with E-state index in [-0.39, 0.29) is 6.04 Å². The van der Waals surface area contributed by atoms with E-state index in [4.69, 9.17) is 10.5 Å². The van der Waals surface area contributed by atoms with Crippen molar-refractivity contribution in [1.29, 1.82) is 0 Å². The first-order valence-electron chi connectivity index (χ1n) is 4.76. The molecule has 0 aliphatic heterocycles. The first-order valence-corrected chi connectivity index (χ1v) is 4.76. The molecular weight excluding hydrogens is 190 g/mol. The van der Waals surface area contributed by atoms with Crippen LogP contribution in [-0.2, 0) is 0 Å². The van der Waals surface area contributed by atoms with Crippen LogP contribution in [0.2, 0.25) is 0 Å². The normalized spacial score (nSPS) is 12.7. The van der Waals surface area contributed by atoms with Crippen molar-refractivity contribution in [2.45, 2.75) is 13.0 Å². The smallest absolute Gasteiger partial charge is 0.119 e. The summed E-state index contributed by atoms with van der Waals surface area (Å²) in [4.78, 5) is 8.37. The molecule has 1 aromatic heterocycles. The van der Waals surface area contributed by atoms with Gasteiger partial charge in [0, 0.05) is 11.4 Å². The van der Waals surface area contributed by atoms with Crippen LogP contribution in [-0.4, -0.2) is 17.1 Å². The second-order valence-corrected chi connectivity index (χ2v) is 3.43. The summed E-state index contributed by atoms with van der Waals surface area (Å²) in [6.07, 6.45) is 1.54. The van der Waals surface area contributed by atoms with Crippen molar-refractivity contribution in [2.75, 3.05) is 7.11 Å². The number of hydrogen-bond donors (Lipinski definition) is 1. The number of fused-ring (bicyclic) bond motifs is 1. The summed E-state index contributed by atoms with van der Waals surface area (Å²) in [5, 5.41) is 0.951. The van der Waals surface area contributed by atoms with E-state index in [0.717, 1.165) is 22.3 Å². The summed E-state index contributed by atoms with van der Waals surface area (Å²) < 4.78 is 5.16. The molecule has 0 aliphatic carbocycles. The van der Waals surface area contributed by atoms with Gasteiger partial charge in [-0.3, -0.25) is 0 Å². The van der Waals surface area contributed by atoms with Gasteiger partial charge in [0.15, 0.2) is 0 Å². The monoisotopic (exact) mass is 203 g/mol. The Labute approximate surface area is 88.1 Å². The molecule has 15 heavy (non-hydrogen) atoms. The van der Waals surface area contributed by atoms with Crippen molar-refractivity contribution in [3.63, 3.8) is 0 Å². The molecule has 1 unspecified atom stereocenters. The fourth-order valence-electron chi connectivity index (χ4n) is 1.55. The van der Waals surface area contributed by atoms with Crippen LogP contribution < -0.4 is 10.5 Å². The Kier molecular flexibility index (Phi) is 2.51. The summed E-state index contributed by atoms with van der Waals surface area (Å²) >= 11 is 0. The van der Waals surface area contributed by atoms with Gasteiger partial charge in [0.05, 0.1) is 18.3 Å². The van der Waals surface area contributed by atoms with Crippen LogP contribution in [0, 0.1) is 0 Å². The van der Waals surface area contributed by atoms with Crippen LogP contribution in [0.25, 0.3) is 10.9 Å². The van der Waals surface area contributed by atoms with E-state index in [2.05, 4.69) is 9.97 Å². The maximum atomic E-state index is 5.84. The van der Waals surface area contributed by atoms with E-state index in [1.165, 1.54) is 6.33 Å². The van der Waals surface area contributed by atoms with Crippen molar-refractivity contribution in [1.82, 2.24) is 9.97 Å². The van der Waals surface area contributed by atoms with Crippen LogP contribution >= 0.6 is 0 Å². The molecule has 2 aromatic rings. The highest BCUT2D eigenvalue weighted by molar-refractivity contribution is 5.82. The number of nitrogens with zero attached hydrogens (tertiary/aromatic N) is 2. The van der Waals surface area contributed by atoms with Gasteiger partial charge in [-0.05, 0) is 25.1 Å². The van der Waals surface area contributed by atoms with E-state index in [1.807, 2.05) is 25.1 Å². The van der Waals surface area contributed by atoms with Gasteiger partial charge in [0.1, 0.15) is 12.1 Å². The van der Waals surface area contributed by atoms with E-state index in [1.54, 1.807) is 7.11 Å². The van der Waals surface area contributed by atoms with Crippen LogP contribution in [0.15, 0.2) is 24.5 Å². The fourth-order valence-corrected chi connectivity index (χ4v) is 1.55. The third-order valence-electron chi connectivity index (χ3n) is 2.30. The Morgan fingerprint density at radius 2 is 2.13 bits per heavy atom. The molecule has 0 aliphatic rings. The topological polar surface area (TPSA) is 61.0 Å². The number of ether oxygens (including phenoxy) is 1. The van der Waals surface area contributed by atoms with Crippen molar-refractivity contribution in [3.05, 3.63) is 30.2 Å². The Bertz CT molecular complexity index is 482. The van der Waals surface area contributed by atoms with Crippen molar-refractivity contribution in [3.8, 4) is 5.75 Å². The number of benzene rings is 1. The minimum absolute atomic E-state index is 0.109. The first-order chi connectivity index (χ1) is 7.22. The van der Waals surface area contributed by atoms with Crippen LogP contribution in [0.4, 0.5) is 0 Å².